The van der Waals surface area contributed by atoms with Gasteiger partial charge in [0.05, 0.1) is 11.4 Å². The van der Waals surface area contributed by atoms with Crippen LogP contribution in [0.3, 0.4) is 0 Å². The van der Waals surface area contributed by atoms with Crippen LogP contribution >= 0.6 is 0 Å². The summed E-state index contributed by atoms with van der Waals surface area (Å²) in [5.74, 6) is 0.412. The molecule has 2 nitrogen and oxygen atoms in total. The van der Waals surface area contributed by atoms with E-state index >= 15 is 0 Å². The summed E-state index contributed by atoms with van der Waals surface area (Å²) in [7, 11) is 0. The Kier molecular flexibility index (Phi) is 9.88. The standard InChI is InChI=1S/C61H60N2/c1-40(2)45-27-32-55-58-38-60(62(50-28-23-41-13-3-7-17-46(41)33-50)51-29-24-42-14-4-8-18-47(42)34-51)56-22-12-11-21-54(56)57(58)39-61(59(55)37-45)63(52-30-25-43-15-5-9-19-48(43)35-52)53-31-26-44-16-6-10-20-49(44)36-53/h11-12,21-40H,3-10,13-20H2,1-2H3. The predicted octanol–water partition coefficient (Wildman–Crippen LogP) is 16.7. The minimum Gasteiger partial charge on any atom is -0.310 e. The molecule has 0 amide bonds. The van der Waals surface area contributed by atoms with Crippen molar-refractivity contribution < 1.29 is 0 Å². The molecule has 2 heteroatoms. The molecule has 0 aromatic heterocycles. The summed E-state index contributed by atoms with van der Waals surface area (Å²) in [6.07, 6.45) is 19.7. The van der Waals surface area contributed by atoms with Gasteiger partial charge in [0.15, 0.2) is 0 Å². The molecule has 63 heavy (non-hydrogen) atoms. The van der Waals surface area contributed by atoms with E-state index in [0.717, 1.165) is 25.7 Å². The quantitative estimate of drug-likeness (QED) is 0.148. The van der Waals surface area contributed by atoms with E-state index in [4.69, 9.17) is 0 Å². The molecule has 0 aliphatic heterocycles. The molecule has 0 fully saturated rings. The Morgan fingerprint density at radius 2 is 0.651 bits per heavy atom. The van der Waals surface area contributed by atoms with Crippen LogP contribution in [0.2, 0.25) is 0 Å². The number of fused-ring (bicyclic) bond motifs is 9. The van der Waals surface area contributed by atoms with E-state index in [0.29, 0.717) is 5.92 Å². The molecular formula is C61H60N2. The lowest BCUT2D eigenvalue weighted by Crippen LogP contribution is -2.15. The van der Waals surface area contributed by atoms with Crippen molar-refractivity contribution >= 4 is 66.4 Å². The van der Waals surface area contributed by atoms with Crippen molar-refractivity contribution in [1.29, 1.82) is 0 Å². The van der Waals surface area contributed by atoms with Crippen molar-refractivity contribution in [2.75, 3.05) is 9.80 Å². The molecule has 4 aliphatic rings. The van der Waals surface area contributed by atoms with Crippen molar-refractivity contribution in [2.24, 2.45) is 0 Å². The van der Waals surface area contributed by atoms with E-state index in [1.165, 1.54) is 194 Å². The van der Waals surface area contributed by atoms with Gasteiger partial charge in [0.2, 0.25) is 0 Å². The summed E-state index contributed by atoms with van der Waals surface area (Å²) in [6.45, 7) is 4.68. The Labute approximate surface area is 374 Å². The fourth-order valence-electron chi connectivity index (χ4n) is 12.0. The molecule has 8 aromatic rings. The number of benzene rings is 8. The molecule has 0 saturated heterocycles. The first-order valence-electron chi connectivity index (χ1n) is 24.5. The summed E-state index contributed by atoms with van der Waals surface area (Å²) in [5, 5.41) is 7.85. The highest BCUT2D eigenvalue weighted by Crippen LogP contribution is 2.49. The second kappa shape index (κ2) is 16.0. The van der Waals surface area contributed by atoms with Gasteiger partial charge in [-0.15, -0.1) is 0 Å². The summed E-state index contributed by atoms with van der Waals surface area (Å²) < 4.78 is 0. The van der Waals surface area contributed by atoms with Crippen molar-refractivity contribution in [3.05, 3.63) is 177 Å². The van der Waals surface area contributed by atoms with Crippen LogP contribution in [0, 0.1) is 0 Å². The zero-order valence-electron chi connectivity index (χ0n) is 37.4. The molecule has 0 saturated carbocycles. The summed E-state index contributed by atoms with van der Waals surface area (Å²) in [5.41, 5.74) is 21.2. The Morgan fingerprint density at radius 1 is 0.302 bits per heavy atom. The maximum absolute atomic E-state index is 2.63. The topological polar surface area (TPSA) is 6.48 Å². The van der Waals surface area contributed by atoms with Gasteiger partial charge >= 0.3 is 0 Å². The molecule has 8 aromatic carbocycles. The fourth-order valence-corrected chi connectivity index (χ4v) is 12.0. The van der Waals surface area contributed by atoms with Crippen LogP contribution in [0.5, 0.6) is 0 Å². The number of hydrogen-bond donors (Lipinski definition) is 0. The first-order chi connectivity index (χ1) is 31.0. The summed E-state index contributed by atoms with van der Waals surface area (Å²) >= 11 is 0. The van der Waals surface area contributed by atoms with Gasteiger partial charge in [0.1, 0.15) is 0 Å². The zero-order chi connectivity index (χ0) is 42.0. The minimum atomic E-state index is 0.412. The Hall–Kier alpha value is -5.86. The zero-order valence-corrected chi connectivity index (χ0v) is 37.4. The van der Waals surface area contributed by atoms with E-state index in [-0.39, 0.29) is 0 Å². The monoisotopic (exact) mass is 820 g/mol. The Morgan fingerprint density at radius 3 is 1.05 bits per heavy atom. The van der Waals surface area contributed by atoms with Gasteiger partial charge in [-0.1, -0.05) is 74.5 Å². The highest BCUT2D eigenvalue weighted by atomic mass is 15.2. The number of hydrogen-bond acceptors (Lipinski definition) is 2. The fraction of sp³-hybridized carbons (Fsp3) is 0.311. The lowest BCUT2D eigenvalue weighted by molar-refractivity contribution is 0.685. The largest absolute Gasteiger partial charge is 0.310 e. The maximum atomic E-state index is 2.63. The van der Waals surface area contributed by atoms with Crippen molar-refractivity contribution in [2.45, 2.75) is 122 Å². The van der Waals surface area contributed by atoms with Crippen molar-refractivity contribution in [1.82, 2.24) is 0 Å². The van der Waals surface area contributed by atoms with Crippen LogP contribution in [-0.4, -0.2) is 0 Å². The average molecular weight is 821 g/mol. The molecule has 0 N–H and O–H groups in total. The molecule has 314 valence electrons. The third-order valence-corrected chi connectivity index (χ3v) is 15.5. The van der Waals surface area contributed by atoms with Crippen LogP contribution in [-0.2, 0) is 51.4 Å². The number of anilines is 6. The van der Waals surface area contributed by atoms with E-state index in [2.05, 4.69) is 151 Å². The van der Waals surface area contributed by atoms with E-state index in [9.17, 15) is 0 Å². The van der Waals surface area contributed by atoms with Crippen LogP contribution < -0.4 is 9.80 Å². The third-order valence-electron chi connectivity index (χ3n) is 15.5. The van der Waals surface area contributed by atoms with Gasteiger partial charge in [-0.3, -0.25) is 0 Å². The van der Waals surface area contributed by atoms with Crippen LogP contribution in [0.1, 0.15) is 121 Å². The number of nitrogens with zero attached hydrogens (tertiary/aromatic N) is 2. The van der Waals surface area contributed by atoms with Crippen molar-refractivity contribution in [3.8, 4) is 0 Å². The molecule has 0 atom stereocenters. The number of aryl methyl sites for hydroxylation is 8. The second-order valence-corrected chi connectivity index (χ2v) is 19.7. The SMILES string of the molecule is CC(C)c1ccc2c(c1)c(N(c1ccc3c(c1)CCCC3)c1ccc3c(c1)CCCC3)cc1c3ccccc3c(N(c3ccc4c(c3)CCCC4)c3ccc4c(c3)CCCC4)cc21. The summed E-state index contributed by atoms with van der Waals surface area (Å²) in [6, 6.07) is 51.3. The van der Waals surface area contributed by atoms with Gasteiger partial charge in [-0.05, 0) is 247 Å². The van der Waals surface area contributed by atoms with E-state index < -0.39 is 0 Å². The molecule has 0 unspecified atom stereocenters. The van der Waals surface area contributed by atoms with Crippen LogP contribution in [0.4, 0.5) is 34.1 Å². The van der Waals surface area contributed by atoms with Crippen LogP contribution in [0.15, 0.2) is 127 Å². The Bertz CT molecular complexity index is 2960. The van der Waals surface area contributed by atoms with Gasteiger partial charge in [-0.2, -0.15) is 0 Å². The first-order valence-corrected chi connectivity index (χ1v) is 24.5. The minimum absolute atomic E-state index is 0.412. The summed E-state index contributed by atoms with van der Waals surface area (Å²) in [4.78, 5) is 5.24. The van der Waals surface area contributed by atoms with Gasteiger partial charge in [0, 0.05) is 33.5 Å². The molecule has 4 aliphatic carbocycles. The normalized spacial score (nSPS) is 15.9. The molecular weight excluding hydrogens is 761 g/mol. The van der Waals surface area contributed by atoms with Crippen molar-refractivity contribution in [3.63, 3.8) is 0 Å². The van der Waals surface area contributed by atoms with Gasteiger partial charge < -0.3 is 9.80 Å². The lowest BCUT2D eigenvalue weighted by Gasteiger charge is -2.32. The Balaban J connectivity index is 1.14. The van der Waals surface area contributed by atoms with E-state index in [1.54, 1.807) is 0 Å². The van der Waals surface area contributed by atoms with Gasteiger partial charge in [-0.25, -0.2) is 0 Å². The van der Waals surface area contributed by atoms with Gasteiger partial charge in [0.25, 0.3) is 0 Å². The van der Waals surface area contributed by atoms with Crippen LogP contribution in [0.25, 0.3) is 32.3 Å². The molecule has 0 spiro atoms. The second-order valence-electron chi connectivity index (χ2n) is 19.7. The maximum Gasteiger partial charge on any atom is 0.0546 e. The molecule has 0 bridgehead atoms. The average Bonchev–Trinajstić information content (AvgIpc) is 3.34. The highest BCUT2D eigenvalue weighted by molar-refractivity contribution is 6.24. The predicted molar refractivity (Wildman–Crippen MR) is 269 cm³/mol. The highest BCUT2D eigenvalue weighted by Gasteiger charge is 2.26. The third kappa shape index (κ3) is 6.93. The molecule has 0 radical (unpaired) electrons. The molecule has 12 rings (SSSR count). The number of rotatable bonds is 7. The molecule has 0 heterocycles. The first kappa shape index (κ1) is 38.8. The smallest absolute Gasteiger partial charge is 0.0546 e. The van der Waals surface area contributed by atoms with E-state index in [1.807, 2.05) is 0 Å². The lowest BCUT2D eigenvalue weighted by atomic mass is 9.88.